The van der Waals surface area contributed by atoms with Gasteiger partial charge in [-0.2, -0.15) is 0 Å². The van der Waals surface area contributed by atoms with E-state index in [1.165, 1.54) is 18.4 Å². The highest BCUT2D eigenvalue weighted by Gasteiger charge is 2.26. The minimum Gasteiger partial charge on any atom is -0.465 e. The largest absolute Gasteiger partial charge is 0.465 e. The lowest BCUT2D eigenvalue weighted by atomic mass is 10.00. The molecule has 8 heteroatoms. The third kappa shape index (κ3) is 4.37. The monoisotopic (exact) mass is 378 g/mol. The lowest BCUT2D eigenvalue weighted by molar-refractivity contribution is 0.0607. The second-order valence-electron chi connectivity index (χ2n) is 6.28. The summed E-state index contributed by atoms with van der Waals surface area (Å²) in [5, 5.41) is 7.86. The van der Waals surface area contributed by atoms with Crippen molar-refractivity contribution in [2.75, 3.05) is 32.2 Å². The molecule has 26 heavy (non-hydrogen) atoms. The summed E-state index contributed by atoms with van der Waals surface area (Å²) in [6.45, 7) is 7.99. The van der Waals surface area contributed by atoms with Crippen molar-refractivity contribution in [2.45, 2.75) is 33.6 Å². The molecule has 1 N–H and O–H groups in total. The van der Waals surface area contributed by atoms with Gasteiger partial charge in [-0.1, -0.05) is 18.3 Å². The van der Waals surface area contributed by atoms with Crippen LogP contribution in [0.5, 0.6) is 0 Å². The number of hydrogen-bond acceptors (Lipinski definition) is 8. The molecule has 0 radical (unpaired) electrons. The molecule has 0 unspecified atom stereocenters. The van der Waals surface area contributed by atoms with Gasteiger partial charge in [0.25, 0.3) is 0 Å². The molecule has 142 valence electrons. The summed E-state index contributed by atoms with van der Waals surface area (Å²) in [6.07, 6.45) is 3.99. The molecule has 1 saturated heterocycles. The zero-order valence-corrected chi connectivity index (χ0v) is 16.8. The minimum absolute atomic E-state index is 0.374. The van der Waals surface area contributed by atoms with Crippen LogP contribution in [0.25, 0.3) is 11.4 Å². The number of ether oxygens (including phenoxy) is 1. The molecule has 2 aromatic heterocycles. The van der Waals surface area contributed by atoms with Crippen LogP contribution in [0.1, 0.15) is 40.8 Å². The van der Waals surface area contributed by atoms with E-state index in [1.807, 2.05) is 13.8 Å². The van der Waals surface area contributed by atoms with Gasteiger partial charge in [-0.15, -0.1) is 0 Å². The molecular formula is C18H26N4O3S. The Morgan fingerprint density at radius 3 is 2.46 bits per heavy atom. The van der Waals surface area contributed by atoms with Crippen molar-refractivity contribution in [1.29, 1.82) is 0 Å². The van der Waals surface area contributed by atoms with Crippen LogP contribution in [0.2, 0.25) is 0 Å². The highest BCUT2D eigenvalue weighted by molar-refractivity contribution is 7.17. The smallest absolute Gasteiger partial charge is 0.350 e. The molecule has 0 saturated carbocycles. The van der Waals surface area contributed by atoms with E-state index in [0.29, 0.717) is 16.3 Å². The van der Waals surface area contributed by atoms with Gasteiger partial charge in [-0.25, -0.2) is 9.78 Å². The van der Waals surface area contributed by atoms with Gasteiger partial charge in [-0.05, 0) is 32.6 Å². The predicted octanol–water partition coefficient (Wildman–Crippen LogP) is 2.85. The number of anilines is 1. The van der Waals surface area contributed by atoms with E-state index >= 15 is 0 Å². The summed E-state index contributed by atoms with van der Waals surface area (Å²) in [6, 6.07) is 0. The van der Waals surface area contributed by atoms with Gasteiger partial charge >= 0.3 is 5.97 Å². The molecule has 0 aliphatic carbocycles. The number of methoxy groups -OCH3 is 1. The standard InChI is InChI=1S/C17H22N4O2S.CH4O/c1-10-5-7-21(8-6-10)17-20-14(15(24-17)16(22)23-4)13-12(3)19-11(2)9-18-13;1-2/h9-10H,5-8H2,1-4H3;2H,1H3. The first-order valence-corrected chi connectivity index (χ1v) is 9.40. The fourth-order valence-electron chi connectivity index (χ4n) is 2.87. The fourth-order valence-corrected chi connectivity index (χ4v) is 3.90. The Bertz CT molecular complexity index is 755. The first kappa shape index (κ1) is 20.3. The Morgan fingerprint density at radius 1 is 1.23 bits per heavy atom. The van der Waals surface area contributed by atoms with Gasteiger partial charge in [0.2, 0.25) is 0 Å². The summed E-state index contributed by atoms with van der Waals surface area (Å²) in [5.74, 6) is 0.367. The van der Waals surface area contributed by atoms with Crippen molar-refractivity contribution in [3.8, 4) is 11.4 Å². The molecule has 3 rings (SSSR count). The van der Waals surface area contributed by atoms with Crippen molar-refractivity contribution >= 4 is 22.4 Å². The van der Waals surface area contributed by atoms with E-state index in [1.54, 1.807) is 6.20 Å². The van der Waals surface area contributed by atoms with E-state index < -0.39 is 0 Å². The normalized spacial score (nSPS) is 14.6. The molecule has 1 fully saturated rings. The van der Waals surface area contributed by atoms with Crippen molar-refractivity contribution < 1.29 is 14.6 Å². The first-order chi connectivity index (χ1) is 12.5. The average molecular weight is 378 g/mol. The van der Waals surface area contributed by atoms with Gasteiger partial charge < -0.3 is 14.7 Å². The molecule has 0 aromatic carbocycles. The van der Waals surface area contributed by atoms with Crippen molar-refractivity contribution in [2.24, 2.45) is 5.92 Å². The number of thiazole rings is 1. The van der Waals surface area contributed by atoms with Crippen LogP contribution in [0.4, 0.5) is 5.13 Å². The fraction of sp³-hybridized carbons (Fsp3) is 0.556. The average Bonchev–Trinajstić information content (AvgIpc) is 3.08. The number of aryl methyl sites for hydroxylation is 2. The molecule has 1 aliphatic heterocycles. The Labute approximate surface area is 158 Å². The maximum atomic E-state index is 12.2. The number of nitrogens with zero attached hydrogens (tertiary/aromatic N) is 4. The lowest BCUT2D eigenvalue weighted by Gasteiger charge is -2.29. The molecule has 0 amide bonds. The Hall–Kier alpha value is -2.06. The molecule has 0 atom stereocenters. The number of carbonyl (C=O) groups excluding carboxylic acids is 1. The third-order valence-corrected chi connectivity index (χ3v) is 5.43. The van der Waals surface area contributed by atoms with E-state index in [2.05, 4.69) is 21.8 Å². The minimum atomic E-state index is -0.374. The summed E-state index contributed by atoms with van der Waals surface area (Å²) in [4.78, 5) is 28.6. The van der Waals surface area contributed by atoms with E-state index in [0.717, 1.165) is 55.5 Å². The third-order valence-electron chi connectivity index (χ3n) is 4.33. The maximum Gasteiger partial charge on any atom is 0.350 e. The SMILES string of the molecule is CO.COC(=O)c1sc(N2CCC(C)CC2)nc1-c1ncc(C)nc1C. The van der Waals surface area contributed by atoms with Crippen molar-refractivity contribution in [3.05, 3.63) is 22.5 Å². The second-order valence-corrected chi connectivity index (χ2v) is 7.26. The van der Waals surface area contributed by atoms with Gasteiger partial charge in [-0.3, -0.25) is 9.97 Å². The van der Waals surface area contributed by atoms with Crippen LogP contribution in [-0.4, -0.2) is 53.3 Å². The van der Waals surface area contributed by atoms with Gasteiger partial charge in [0.05, 0.1) is 18.5 Å². The number of carbonyl (C=O) groups is 1. The van der Waals surface area contributed by atoms with Crippen LogP contribution in [0.3, 0.4) is 0 Å². The van der Waals surface area contributed by atoms with Crippen LogP contribution >= 0.6 is 11.3 Å². The number of hydrogen-bond donors (Lipinski definition) is 1. The highest BCUT2D eigenvalue weighted by atomic mass is 32.1. The van der Waals surface area contributed by atoms with E-state index in [-0.39, 0.29) is 5.97 Å². The number of aromatic nitrogens is 3. The van der Waals surface area contributed by atoms with Crippen LogP contribution in [0, 0.1) is 19.8 Å². The quantitative estimate of drug-likeness (QED) is 0.822. The molecule has 0 spiro atoms. The summed E-state index contributed by atoms with van der Waals surface area (Å²) >= 11 is 1.38. The lowest BCUT2D eigenvalue weighted by Crippen LogP contribution is -2.32. The van der Waals surface area contributed by atoms with E-state index in [9.17, 15) is 4.79 Å². The Kier molecular flexibility index (Phi) is 7.05. The Morgan fingerprint density at radius 2 is 1.88 bits per heavy atom. The molecule has 0 bridgehead atoms. The maximum absolute atomic E-state index is 12.2. The van der Waals surface area contributed by atoms with Crippen LogP contribution < -0.4 is 4.90 Å². The molecule has 7 nitrogen and oxygen atoms in total. The number of aliphatic hydroxyl groups is 1. The zero-order chi connectivity index (χ0) is 19.3. The zero-order valence-electron chi connectivity index (χ0n) is 15.9. The number of rotatable bonds is 3. The van der Waals surface area contributed by atoms with Crippen molar-refractivity contribution in [1.82, 2.24) is 15.0 Å². The molecular weight excluding hydrogens is 352 g/mol. The predicted molar refractivity (Wildman–Crippen MR) is 103 cm³/mol. The van der Waals surface area contributed by atoms with E-state index in [4.69, 9.17) is 14.8 Å². The summed E-state index contributed by atoms with van der Waals surface area (Å²) in [7, 11) is 2.39. The first-order valence-electron chi connectivity index (χ1n) is 8.59. The number of aliphatic hydroxyl groups excluding tert-OH is 1. The number of esters is 1. The van der Waals surface area contributed by atoms with Gasteiger partial charge in [0.15, 0.2) is 5.13 Å². The molecule has 2 aromatic rings. The van der Waals surface area contributed by atoms with Gasteiger partial charge in [0, 0.05) is 26.4 Å². The Balaban J connectivity index is 0.00000117. The summed E-state index contributed by atoms with van der Waals surface area (Å²) in [5.41, 5.74) is 2.83. The second kappa shape index (κ2) is 9.05. The topological polar surface area (TPSA) is 88.4 Å². The highest BCUT2D eigenvalue weighted by Crippen LogP contribution is 2.35. The molecule has 3 heterocycles. The van der Waals surface area contributed by atoms with Gasteiger partial charge in [0.1, 0.15) is 16.3 Å². The van der Waals surface area contributed by atoms with Crippen molar-refractivity contribution in [3.63, 3.8) is 0 Å². The number of piperidine rings is 1. The van der Waals surface area contributed by atoms with Crippen LogP contribution in [0.15, 0.2) is 6.20 Å². The summed E-state index contributed by atoms with van der Waals surface area (Å²) < 4.78 is 4.94. The van der Waals surface area contributed by atoms with Crippen LogP contribution in [-0.2, 0) is 4.74 Å². The molecule has 1 aliphatic rings.